The quantitative estimate of drug-likeness (QED) is 0.204. The van der Waals surface area contributed by atoms with Crippen LogP contribution in [0.5, 0.6) is 0 Å². The van der Waals surface area contributed by atoms with Crippen molar-refractivity contribution >= 4 is 31.5 Å². The van der Waals surface area contributed by atoms with Crippen LogP contribution in [0.3, 0.4) is 0 Å². The molecular weight excluding hydrogens is 543 g/mol. The van der Waals surface area contributed by atoms with E-state index in [1.165, 1.54) is 11.3 Å². The van der Waals surface area contributed by atoms with Crippen LogP contribution in [0.1, 0.15) is 13.7 Å². The van der Waals surface area contributed by atoms with Gasteiger partial charge in [-0.3, -0.25) is 0 Å². The highest BCUT2D eigenvalue weighted by molar-refractivity contribution is 7.26. The molecule has 202 valence electrons. The monoisotopic (exact) mass is 577 g/mol. The van der Waals surface area contributed by atoms with Gasteiger partial charge in [0.2, 0.25) is 0 Å². The molecule has 3 nitrogen and oxygen atoms in total. The molecule has 0 saturated heterocycles. The second kappa shape index (κ2) is 10.8. The van der Waals surface area contributed by atoms with E-state index in [0.717, 1.165) is 31.3 Å². The highest BCUT2D eigenvalue weighted by Gasteiger charge is 2.16. The zero-order valence-electron chi connectivity index (χ0n) is 32.4. The average Bonchev–Trinajstić information content (AvgIpc) is 3.56. The van der Waals surface area contributed by atoms with Crippen molar-refractivity contribution in [3.8, 4) is 56.4 Å². The molecule has 2 aromatic heterocycles. The van der Waals surface area contributed by atoms with Gasteiger partial charge in [-0.25, -0.2) is 15.0 Å². The Hall–Kier alpha value is -5.45. The van der Waals surface area contributed by atoms with Crippen molar-refractivity contribution in [3.63, 3.8) is 0 Å². The maximum Gasteiger partial charge on any atom is 0.164 e. The van der Waals surface area contributed by atoms with Crippen LogP contribution >= 0.6 is 11.3 Å². The summed E-state index contributed by atoms with van der Waals surface area (Å²) < 4.78 is 85.8. The third-order valence-electron chi connectivity index (χ3n) is 7.10. The number of thiophene rings is 1. The van der Waals surface area contributed by atoms with Crippen molar-refractivity contribution in [2.75, 3.05) is 0 Å². The largest absolute Gasteiger partial charge is 0.208 e. The van der Waals surface area contributed by atoms with Gasteiger partial charge in [0.1, 0.15) is 0 Å². The van der Waals surface area contributed by atoms with Crippen molar-refractivity contribution in [2.24, 2.45) is 0 Å². The first-order chi connectivity index (χ1) is 25.4. The predicted octanol–water partition coefficient (Wildman–Crippen LogP) is 10.6. The van der Waals surface area contributed by atoms with E-state index in [1.54, 1.807) is 0 Å². The zero-order valence-corrected chi connectivity index (χ0v) is 23.2. The van der Waals surface area contributed by atoms with Crippen LogP contribution in [0.25, 0.3) is 76.6 Å². The van der Waals surface area contributed by atoms with Gasteiger partial charge < -0.3 is 0 Å². The third kappa shape index (κ3) is 4.78. The Bertz CT molecular complexity index is 2730. The second-order valence-corrected chi connectivity index (χ2v) is 10.8. The summed E-state index contributed by atoms with van der Waals surface area (Å²) in [5, 5.41) is 1.70. The van der Waals surface area contributed by atoms with E-state index in [9.17, 15) is 0 Å². The maximum absolute atomic E-state index is 8.80. The molecule has 0 radical (unpaired) electrons. The molecule has 0 saturated carbocycles. The first-order valence-corrected chi connectivity index (χ1v) is 14.3. The minimum Gasteiger partial charge on any atom is -0.208 e. The van der Waals surface area contributed by atoms with E-state index in [0.29, 0.717) is 16.7 Å². The number of rotatable bonds is 5. The molecule has 0 fully saturated rings. The molecule has 0 aliphatic heterocycles. The Kier molecular flexibility index (Phi) is 4.21. The highest BCUT2D eigenvalue weighted by atomic mass is 32.1. The summed E-state index contributed by atoms with van der Waals surface area (Å²) in [5.74, 6) is 0.402. The Morgan fingerprint density at radius 1 is 0.442 bits per heavy atom. The molecule has 8 rings (SSSR count). The van der Waals surface area contributed by atoms with Gasteiger partial charge in [0.15, 0.2) is 17.5 Å². The number of hydrogen-bond donors (Lipinski definition) is 0. The summed E-state index contributed by atoms with van der Waals surface area (Å²) >= 11 is 1.40. The van der Waals surface area contributed by atoms with Crippen LogP contribution in [0.2, 0.25) is 0 Å². The van der Waals surface area contributed by atoms with Crippen LogP contribution in [0, 0.1) is 0 Å². The SMILES string of the molecule is [2H]c1c([2H])c([2H])c(-c2nc(-c3ccccc3)nc(-c3ccc4c(c3)sc3c(-c5c([2H])c([2H])c([2H])c([2H])c5[2H])cc(-c5ccccc5)cc34)n2)c([2H])c1[2H]. The number of fused-ring (bicyclic) bond motifs is 3. The van der Waals surface area contributed by atoms with E-state index in [4.69, 9.17) is 18.7 Å². The van der Waals surface area contributed by atoms with Crippen molar-refractivity contribution in [2.45, 2.75) is 0 Å². The molecule has 43 heavy (non-hydrogen) atoms. The van der Waals surface area contributed by atoms with Gasteiger partial charge in [0.05, 0.1) is 13.7 Å². The summed E-state index contributed by atoms with van der Waals surface area (Å²) in [6, 6.07) is 24.1. The Labute approximate surface area is 267 Å². The molecule has 0 atom stereocenters. The third-order valence-corrected chi connectivity index (χ3v) is 8.30. The van der Waals surface area contributed by atoms with E-state index >= 15 is 0 Å². The Balaban J connectivity index is 1.39. The van der Waals surface area contributed by atoms with Gasteiger partial charge in [0.25, 0.3) is 0 Å². The summed E-state index contributed by atoms with van der Waals surface area (Å²) in [7, 11) is 0. The van der Waals surface area contributed by atoms with Crippen LogP contribution in [0.15, 0.2) is 151 Å². The first kappa shape index (κ1) is 16.9. The molecular formula is C39H25N3S. The normalized spacial score (nSPS) is 14.5. The van der Waals surface area contributed by atoms with Crippen LogP contribution in [-0.2, 0) is 0 Å². The molecule has 6 aromatic carbocycles. The lowest BCUT2D eigenvalue weighted by Crippen LogP contribution is -1.99. The molecule has 8 aromatic rings. The molecule has 4 heteroatoms. The molecule has 0 bridgehead atoms. The molecule has 0 aliphatic carbocycles. The Morgan fingerprint density at radius 3 is 1.70 bits per heavy atom. The first-order valence-electron chi connectivity index (χ1n) is 18.5. The van der Waals surface area contributed by atoms with Crippen LogP contribution in [0.4, 0.5) is 0 Å². The maximum atomic E-state index is 8.80. The standard InChI is InChI=1S/C39H25N3S/c1-5-13-26(14-6-1)31-23-33(27-15-7-2-8-16-27)36-34(24-31)32-22-21-30(25-35(32)43-36)39-41-37(28-17-9-3-10-18-28)40-38(42-39)29-19-11-4-12-20-29/h1-25H/i2D,3D,7D,8D,9D,10D,15D,16D,17D,18D. The second-order valence-electron chi connectivity index (χ2n) is 9.75. The summed E-state index contributed by atoms with van der Waals surface area (Å²) in [4.78, 5) is 14.0. The highest BCUT2D eigenvalue weighted by Crippen LogP contribution is 2.43. The topological polar surface area (TPSA) is 38.7 Å². The van der Waals surface area contributed by atoms with Crippen molar-refractivity contribution in [3.05, 3.63) is 151 Å². The molecule has 2 heterocycles. The lowest BCUT2D eigenvalue weighted by Gasteiger charge is -2.09. The van der Waals surface area contributed by atoms with E-state index in [2.05, 4.69) is 9.97 Å². The van der Waals surface area contributed by atoms with Gasteiger partial charge in [-0.15, -0.1) is 11.3 Å². The van der Waals surface area contributed by atoms with Gasteiger partial charge in [-0.2, -0.15) is 0 Å². The fourth-order valence-electron chi connectivity index (χ4n) is 5.08. The Morgan fingerprint density at radius 2 is 1.02 bits per heavy atom. The molecule has 0 amide bonds. The molecule has 0 spiro atoms. The number of nitrogens with zero attached hydrogens (tertiary/aromatic N) is 3. The molecule has 0 aliphatic rings. The lowest BCUT2D eigenvalue weighted by molar-refractivity contribution is 1.07. The van der Waals surface area contributed by atoms with Gasteiger partial charge >= 0.3 is 0 Å². The smallest absolute Gasteiger partial charge is 0.164 e. The summed E-state index contributed by atoms with van der Waals surface area (Å²) in [6.07, 6.45) is 0. The van der Waals surface area contributed by atoms with Crippen LogP contribution < -0.4 is 0 Å². The van der Waals surface area contributed by atoms with E-state index < -0.39 is 48.3 Å². The fraction of sp³-hybridized carbons (Fsp3) is 0. The number of benzene rings is 6. The predicted molar refractivity (Wildman–Crippen MR) is 180 cm³/mol. The summed E-state index contributed by atoms with van der Waals surface area (Å²) in [6.45, 7) is 0. The van der Waals surface area contributed by atoms with Crippen LogP contribution in [-0.4, -0.2) is 15.0 Å². The number of aromatic nitrogens is 3. The average molecular weight is 578 g/mol. The minimum atomic E-state index is -0.519. The van der Waals surface area contributed by atoms with Crippen molar-refractivity contribution in [1.29, 1.82) is 0 Å². The molecule has 0 N–H and O–H groups in total. The van der Waals surface area contributed by atoms with E-state index in [-0.39, 0.29) is 40.7 Å². The van der Waals surface area contributed by atoms with Gasteiger partial charge in [-0.1, -0.05) is 133 Å². The fourth-order valence-corrected chi connectivity index (χ4v) is 6.32. The lowest BCUT2D eigenvalue weighted by atomic mass is 9.96. The van der Waals surface area contributed by atoms with Gasteiger partial charge in [-0.05, 0) is 34.9 Å². The van der Waals surface area contributed by atoms with Crippen molar-refractivity contribution < 1.29 is 13.7 Å². The minimum absolute atomic E-state index is 0.0710. The van der Waals surface area contributed by atoms with Gasteiger partial charge in [0, 0.05) is 42.4 Å². The van der Waals surface area contributed by atoms with E-state index in [1.807, 2.05) is 91.0 Å². The zero-order chi connectivity index (χ0) is 37.3. The van der Waals surface area contributed by atoms with Crippen molar-refractivity contribution in [1.82, 2.24) is 15.0 Å². The number of hydrogen-bond acceptors (Lipinski definition) is 4. The molecule has 0 unspecified atom stereocenters. The summed E-state index contributed by atoms with van der Waals surface area (Å²) in [5.41, 5.74) is 3.41.